The summed E-state index contributed by atoms with van der Waals surface area (Å²) in [6.07, 6.45) is 1.88. The van der Waals surface area contributed by atoms with Crippen LogP contribution in [0.15, 0.2) is 41.0 Å². The molecule has 0 aliphatic heterocycles. The lowest BCUT2D eigenvalue weighted by Crippen LogP contribution is -2.21. The van der Waals surface area contributed by atoms with Gasteiger partial charge in [0, 0.05) is 16.2 Å². The predicted molar refractivity (Wildman–Crippen MR) is 73.8 cm³/mol. The molecule has 0 aliphatic rings. The lowest BCUT2D eigenvalue weighted by Gasteiger charge is -2.16. The van der Waals surface area contributed by atoms with Crippen molar-refractivity contribution in [3.8, 4) is 0 Å². The molecule has 0 radical (unpaired) electrons. The number of aromatic nitrogens is 1. The molecule has 2 nitrogen and oxygen atoms in total. The van der Waals surface area contributed by atoms with Crippen LogP contribution in [0.2, 0.25) is 0 Å². The molecular formula is C14H13BrF2N2. The molecule has 1 N–H and O–H groups in total. The first-order valence-electron chi connectivity index (χ1n) is 5.83. The van der Waals surface area contributed by atoms with Gasteiger partial charge in [-0.2, -0.15) is 0 Å². The Bertz CT molecular complexity index is 538. The summed E-state index contributed by atoms with van der Waals surface area (Å²) in [5.74, 6) is -1.06. The van der Waals surface area contributed by atoms with Gasteiger partial charge in [0.1, 0.15) is 11.6 Å². The first kappa shape index (κ1) is 14.1. The number of likely N-dealkylation sites (N-methyl/N-ethyl adjacent to an activating group) is 1. The summed E-state index contributed by atoms with van der Waals surface area (Å²) in [7, 11) is 1.74. The fourth-order valence-electron chi connectivity index (χ4n) is 1.88. The molecule has 1 heterocycles. The van der Waals surface area contributed by atoms with E-state index < -0.39 is 11.6 Å². The summed E-state index contributed by atoms with van der Waals surface area (Å²) in [4.78, 5) is 4.25. The van der Waals surface area contributed by atoms with Crippen molar-refractivity contribution < 1.29 is 8.78 Å². The lowest BCUT2D eigenvalue weighted by atomic mass is 10.0. The topological polar surface area (TPSA) is 24.9 Å². The van der Waals surface area contributed by atoms with Gasteiger partial charge < -0.3 is 5.32 Å². The molecule has 2 rings (SSSR count). The molecule has 0 saturated heterocycles. The van der Waals surface area contributed by atoms with E-state index in [1.54, 1.807) is 13.2 Å². The standard InChI is InChI=1S/C14H13BrF2N2/c1-18-14(13-6-5-9(15)8-19-13)7-10-11(16)3-2-4-12(10)17/h2-6,8,14,18H,7H2,1H3. The zero-order chi connectivity index (χ0) is 13.8. The quantitative estimate of drug-likeness (QED) is 0.928. The molecule has 100 valence electrons. The van der Waals surface area contributed by atoms with Gasteiger partial charge in [-0.05, 0) is 53.7 Å². The van der Waals surface area contributed by atoms with Gasteiger partial charge in [0.15, 0.2) is 0 Å². The molecule has 0 saturated carbocycles. The van der Waals surface area contributed by atoms with Crippen LogP contribution in [-0.4, -0.2) is 12.0 Å². The van der Waals surface area contributed by atoms with Crippen LogP contribution in [-0.2, 0) is 6.42 Å². The van der Waals surface area contributed by atoms with Crippen LogP contribution >= 0.6 is 15.9 Å². The maximum absolute atomic E-state index is 13.6. The molecule has 5 heteroatoms. The molecule has 0 amide bonds. The largest absolute Gasteiger partial charge is 0.311 e. The Morgan fingerprint density at radius 1 is 1.21 bits per heavy atom. The van der Waals surface area contributed by atoms with Crippen LogP contribution in [0.25, 0.3) is 0 Å². The zero-order valence-electron chi connectivity index (χ0n) is 10.3. The van der Waals surface area contributed by atoms with Crippen molar-refractivity contribution in [2.45, 2.75) is 12.5 Å². The van der Waals surface area contributed by atoms with Gasteiger partial charge >= 0.3 is 0 Å². The molecule has 0 bridgehead atoms. The van der Waals surface area contributed by atoms with E-state index in [2.05, 4.69) is 26.2 Å². The number of nitrogens with one attached hydrogen (secondary N) is 1. The molecule has 0 fully saturated rings. The molecule has 1 aromatic heterocycles. The average Bonchev–Trinajstić information content (AvgIpc) is 2.40. The SMILES string of the molecule is CNC(Cc1c(F)cccc1F)c1ccc(Br)cn1. The Kier molecular flexibility index (Phi) is 4.61. The number of pyridine rings is 1. The highest BCUT2D eigenvalue weighted by Gasteiger charge is 2.17. The number of rotatable bonds is 4. The van der Waals surface area contributed by atoms with Crippen molar-refractivity contribution in [1.82, 2.24) is 10.3 Å². The lowest BCUT2D eigenvalue weighted by molar-refractivity contribution is 0.509. The van der Waals surface area contributed by atoms with Gasteiger partial charge in [-0.25, -0.2) is 8.78 Å². The zero-order valence-corrected chi connectivity index (χ0v) is 11.9. The van der Waals surface area contributed by atoms with E-state index in [0.717, 1.165) is 10.2 Å². The number of hydrogen-bond donors (Lipinski definition) is 1. The van der Waals surface area contributed by atoms with Crippen molar-refractivity contribution in [3.05, 3.63) is 63.9 Å². The first-order valence-corrected chi connectivity index (χ1v) is 6.62. The van der Waals surface area contributed by atoms with Gasteiger partial charge in [-0.1, -0.05) is 6.07 Å². The smallest absolute Gasteiger partial charge is 0.129 e. The minimum absolute atomic E-state index is 0.0755. The third kappa shape index (κ3) is 3.36. The van der Waals surface area contributed by atoms with Gasteiger partial charge in [0.2, 0.25) is 0 Å². The predicted octanol–water partition coefficient (Wildman–Crippen LogP) is 3.63. The highest BCUT2D eigenvalue weighted by atomic mass is 79.9. The van der Waals surface area contributed by atoms with E-state index >= 15 is 0 Å². The Hall–Kier alpha value is -1.33. The van der Waals surface area contributed by atoms with Gasteiger partial charge in [0.25, 0.3) is 0 Å². The third-order valence-electron chi connectivity index (χ3n) is 2.93. The van der Waals surface area contributed by atoms with Crippen molar-refractivity contribution in [2.75, 3.05) is 7.05 Å². The molecule has 1 aromatic carbocycles. The Balaban J connectivity index is 2.26. The number of benzene rings is 1. The first-order chi connectivity index (χ1) is 9.11. The molecule has 19 heavy (non-hydrogen) atoms. The van der Waals surface area contributed by atoms with Crippen LogP contribution in [0.1, 0.15) is 17.3 Å². The normalized spacial score (nSPS) is 12.4. The van der Waals surface area contributed by atoms with Crippen molar-refractivity contribution in [1.29, 1.82) is 0 Å². The summed E-state index contributed by atoms with van der Waals surface area (Å²) < 4.78 is 28.1. The van der Waals surface area contributed by atoms with Gasteiger partial charge in [0.05, 0.1) is 11.7 Å². The molecular weight excluding hydrogens is 314 g/mol. The van der Waals surface area contributed by atoms with E-state index in [1.807, 2.05) is 12.1 Å². The minimum atomic E-state index is -0.530. The Morgan fingerprint density at radius 2 is 1.89 bits per heavy atom. The summed E-state index contributed by atoms with van der Waals surface area (Å²) in [5.41, 5.74) is 0.819. The van der Waals surface area contributed by atoms with E-state index in [-0.39, 0.29) is 18.0 Å². The van der Waals surface area contributed by atoms with Crippen molar-refractivity contribution in [2.24, 2.45) is 0 Å². The number of hydrogen-bond acceptors (Lipinski definition) is 2. The van der Waals surface area contributed by atoms with Crippen LogP contribution < -0.4 is 5.32 Å². The summed E-state index contributed by atoms with van der Waals surface area (Å²) >= 11 is 3.30. The maximum Gasteiger partial charge on any atom is 0.129 e. The fourth-order valence-corrected chi connectivity index (χ4v) is 2.11. The molecule has 2 aromatic rings. The molecule has 0 aliphatic carbocycles. The number of nitrogens with zero attached hydrogens (tertiary/aromatic N) is 1. The van der Waals surface area contributed by atoms with E-state index in [0.29, 0.717) is 0 Å². The van der Waals surface area contributed by atoms with Gasteiger partial charge in [-0.3, -0.25) is 4.98 Å². The van der Waals surface area contributed by atoms with E-state index in [9.17, 15) is 8.78 Å². The van der Waals surface area contributed by atoms with Crippen LogP contribution in [0, 0.1) is 11.6 Å². The second kappa shape index (κ2) is 6.21. The fraction of sp³-hybridized carbons (Fsp3) is 0.214. The second-order valence-corrected chi connectivity index (χ2v) is 5.06. The average molecular weight is 327 g/mol. The monoisotopic (exact) mass is 326 g/mol. The van der Waals surface area contributed by atoms with Crippen molar-refractivity contribution >= 4 is 15.9 Å². The van der Waals surface area contributed by atoms with Crippen LogP contribution in [0.3, 0.4) is 0 Å². The summed E-state index contributed by atoms with van der Waals surface area (Å²) in [5, 5.41) is 3.03. The Labute approximate surface area is 119 Å². The van der Waals surface area contributed by atoms with E-state index in [1.165, 1.54) is 18.2 Å². The second-order valence-electron chi connectivity index (χ2n) is 4.15. The van der Waals surface area contributed by atoms with Gasteiger partial charge in [-0.15, -0.1) is 0 Å². The Morgan fingerprint density at radius 3 is 2.42 bits per heavy atom. The summed E-state index contributed by atoms with van der Waals surface area (Å²) in [6.45, 7) is 0. The molecule has 1 atom stereocenters. The highest BCUT2D eigenvalue weighted by Crippen LogP contribution is 2.21. The highest BCUT2D eigenvalue weighted by molar-refractivity contribution is 9.10. The maximum atomic E-state index is 13.6. The van der Waals surface area contributed by atoms with E-state index in [4.69, 9.17) is 0 Å². The number of halogens is 3. The third-order valence-corrected chi connectivity index (χ3v) is 3.39. The summed E-state index contributed by atoms with van der Waals surface area (Å²) in [6, 6.07) is 7.33. The molecule has 0 spiro atoms. The molecule has 1 unspecified atom stereocenters. The minimum Gasteiger partial charge on any atom is -0.311 e. The van der Waals surface area contributed by atoms with Crippen LogP contribution in [0.5, 0.6) is 0 Å². The van der Waals surface area contributed by atoms with Crippen LogP contribution in [0.4, 0.5) is 8.78 Å². The van der Waals surface area contributed by atoms with Crippen molar-refractivity contribution in [3.63, 3.8) is 0 Å².